The molecule has 6 heteroatoms. The van der Waals surface area contributed by atoms with Gasteiger partial charge in [-0.15, -0.1) is 0 Å². The minimum atomic E-state index is -0.362. The molecule has 1 aliphatic rings. The van der Waals surface area contributed by atoms with Crippen LogP contribution in [0.3, 0.4) is 0 Å². The number of carbonyl (C=O) groups excluding carboxylic acids is 1. The summed E-state index contributed by atoms with van der Waals surface area (Å²) in [4.78, 5) is 14.5. The smallest absolute Gasteiger partial charge is 0.253 e. The minimum absolute atomic E-state index is 0.0359. The molecule has 0 spiro atoms. The van der Waals surface area contributed by atoms with E-state index in [1.807, 2.05) is 29.2 Å². The van der Waals surface area contributed by atoms with Gasteiger partial charge in [-0.2, -0.15) is 0 Å². The number of amides is 1. The lowest BCUT2D eigenvalue weighted by molar-refractivity contribution is -0.134. The van der Waals surface area contributed by atoms with Gasteiger partial charge in [0.1, 0.15) is 5.75 Å². The van der Waals surface area contributed by atoms with Crippen molar-refractivity contribution >= 4 is 36.3 Å². The van der Waals surface area contributed by atoms with Crippen LogP contribution in [0, 0.1) is 0 Å². The second-order valence-electron chi connectivity index (χ2n) is 5.03. The number of rotatable bonds is 7. The van der Waals surface area contributed by atoms with Gasteiger partial charge >= 0.3 is 0 Å². The molecule has 1 aromatic rings. The van der Waals surface area contributed by atoms with E-state index in [1.165, 1.54) is 9.21 Å². The quantitative estimate of drug-likeness (QED) is 0.490. The number of hydrogen-bond donors (Lipinski definition) is 0. The summed E-state index contributed by atoms with van der Waals surface area (Å²) in [5.41, 5.74) is 1.06. The van der Waals surface area contributed by atoms with Crippen LogP contribution in [0.15, 0.2) is 24.3 Å². The zero-order valence-corrected chi connectivity index (χ0v) is 15.2. The van der Waals surface area contributed by atoms with Crippen LogP contribution < -0.4 is 4.74 Å². The Hall–Kier alpha value is -0.470. The first-order valence-corrected chi connectivity index (χ1v) is 10.4. The number of para-hydroxylation sites is 1. The molecule has 0 N–H and O–H groups in total. The van der Waals surface area contributed by atoms with Crippen molar-refractivity contribution in [1.82, 2.24) is 4.90 Å². The van der Waals surface area contributed by atoms with Crippen molar-refractivity contribution < 1.29 is 13.7 Å². The molecule has 0 saturated carbocycles. The zero-order chi connectivity index (χ0) is 15.2. The summed E-state index contributed by atoms with van der Waals surface area (Å²) in [6, 6.07) is 7.95. The minimum Gasteiger partial charge on any atom is -0.496 e. The Balaban J connectivity index is 2.27. The topological polar surface area (TPSA) is 38.8 Å². The summed E-state index contributed by atoms with van der Waals surface area (Å²) in [6.45, 7) is 2.90. The van der Waals surface area contributed by atoms with Crippen LogP contribution in [0.2, 0.25) is 0 Å². The molecule has 4 nitrogen and oxygen atoms in total. The fraction of sp³-hybridized carbons (Fsp3) is 0.533. The van der Waals surface area contributed by atoms with Gasteiger partial charge in [0.2, 0.25) is 0 Å². The van der Waals surface area contributed by atoms with Gasteiger partial charge in [0.05, 0.1) is 22.4 Å². The maximum Gasteiger partial charge on any atom is 0.253 e. The molecule has 1 aromatic carbocycles. The van der Waals surface area contributed by atoms with E-state index in [1.54, 1.807) is 7.11 Å². The molecule has 1 amide bonds. The van der Waals surface area contributed by atoms with Crippen LogP contribution in [0.4, 0.5) is 0 Å². The molecule has 1 aliphatic heterocycles. The molecule has 116 valence electrons. The Morgan fingerprint density at radius 3 is 2.86 bits per heavy atom. The van der Waals surface area contributed by atoms with Gasteiger partial charge in [-0.25, -0.2) is 0 Å². The molecule has 0 aliphatic carbocycles. The van der Waals surface area contributed by atoms with E-state index < -0.39 is 0 Å². The average molecular weight is 421 g/mol. The Kier molecular flexibility index (Phi) is 6.63. The van der Waals surface area contributed by atoms with E-state index in [0.29, 0.717) is 6.42 Å². The predicted molar refractivity (Wildman–Crippen MR) is 93.5 cm³/mol. The first kappa shape index (κ1) is 16.9. The van der Waals surface area contributed by atoms with Crippen molar-refractivity contribution in [1.29, 1.82) is 0 Å². The largest absolute Gasteiger partial charge is 0.496 e. The van der Waals surface area contributed by atoms with Crippen molar-refractivity contribution in [3.05, 3.63) is 29.8 Å². The fourth-order valence-electron chi connectivity index (χ4n) is 2.72. The molecule has 21 heavy (non-hydrogen) atoms. The number of likely N-dealkylation sites (tertiary alicyclic amines) is 1. The molecule has 1 heterocycles. The van der Waals surface area contributed by atoms with Crippen LogP contribution >= 0.6 is 30.4 Å². The Bertz CT molecular complexity index is 486. The van der Waals surface area contributed by atoms with Gasteiger partial charge in [-0.05, 0) is 12.5 Å². The molecule has 1 saturated heterocycles. The van der Waals surface area contributed by atoms with Crippen LogP contribution in [0.5, 0.6) is 5.75 Å². The molecule has 1 fully saturated rings. The highest BCUT2D eigenvalue weighted by atomic mass is 127. The van der Waals surface area contributed by atoms with E-state index in [2.05, 4.69) is 28.1 Å². The van der Waals surface area contributed by atoms with E-state index in [-0.39, 0.29) is 18.1 Å². The number of methoxy groups -OCH3 is 1. The lowest BCUT2D eigenvalue weighted by atomic mass is 10.0. The molecule has 0 aromatic heterocycles. The van der Waals surface area contributed by atoms with E-state index in [9.17, 15) is 4.79 Å². The lowest BCUT2D eigenvalue weighted by Crippen LogP contribution is -2.32. The second-order valence-corrected chi connectivity index (χ2v) is 6.42. The molecular formula is C15H20INO3S. The first-order chi connectivity index (χ1) is 10.2. The van der Waals surface area contributed by atoms with Crippen LogP contribution in [0.1, 0.15) is 37.8 Å². The van der Waals surface area contributed by atoms with Crippen molar-refractivity contribution in [2.75, 3.05) is 13.7 Å². The summed E-state index contributed by atoms with van der Waals surface area (Å²) in [6.07, 6.45) is 2.38. The van der Waals surface area contributed by atoms with Crippen molar-refractivity contribution in [3.63, 3.8) is 0 Å². The standard InChI is InChI=1S/C15H20INO3S/c1-3-4-9-17-12(10-14(15(17)18)20-21-16)11-7-5-6-8-13(11)19-2/h5-8,12,14H,3-4,9-10H2,1-2H3. The van der Waals surface area contributed by atoms with E-state index in [4.69, 9.17) is 8.92 Å². The summed E-state index contributed by atoms with van der Waals surface area (Å²) in [5.74, 6) is 0.920. The number of halogens is 1. The maximum absolute atomic E-state index is 12.5. The molecule has 2 unspecified atom stereocenters. The molecule has 0 radical (unpaired) electrons. The van der Waals surface area contributed by atoms with Gasteiger partial charge in [0.25, 0.3) is 5.91 Å². The van der Waals surface area contributed by atoms with Crippen molar-refractivity contribution in [2.45, 2.75) is 38.3 Å². The second kappa shape index (κ2) is 8.24. The van der Waals surface area contributed by atoms with E-state index >= 15 is 0 Å². The van der Waals surface area contributed by atoms with Gasteiger partial charge in [-0.3, -0.25) is 8.98 Å². The lowest BCUT2D eigenvalue weighted by Gasteiger charge is -2.26. The average Bonchev–Trinajstić information content (AvgIpc) is 2.82. The van der Waals surface area contributed by atoms with Crippen LogP contribution in [0.25, 0.3) is 0 Å². The Labute approximate surface area is 142 Å². The van der Waals surface area contributed by atoms with Crippen LogP contribution in [-0.4, -0.2) is 30.6 Å². The van der Waals surface area contributed by atoms with E-state index in [0.717, 1.165) is 30.7 Å². The number of carbonyl (C=O) groups is 1. The maximum atomic E-state index is 12.5. The predicted octanol–water partition coefficient (Wildman–Crippen LogP) is 4.15. The van der Waals surface area contributed by atoms with Gasteiger partial charge in [-0.1, -0.05) is 31.5 Å². The van der Waals surface area contributed by atoms with Crippen molar-refractivity contribution in [2.24, 2.45) is 0 Å². The van der Waals surface area contributed by atoms with Gasteiger partial charge in [0.15, 0.2) is 6.10 Å². The normalized spacial score (nSPS) is 21.9. The highest BCUT2D eigenvalue weighted by Crippen LogP contribution is 2.40. The summed E-state index contributed by atoms with van der Waals surface area (Å²) < 4.78 is 11.0. The summed E-state index contributed by atoms with van der Waals surface area (Å²) >= 11 is 2.06. The first-order valence-electron chi connectivity index (χ1n) is 7.10. The molecular weight excluding hydrogens is 401 g/mol. The monoisotopic (exact) mass is 421 g/mol. The third-order valence-electron chi connectivity index (χ3n) is 3.78. The third kappa shape index (κ3) is 3.84. The number of hydrogen-bond acceptors (Lipinski definition) is 4. The molecule has 0 bridgehead atoms. The number of benzene rings is 1. The Morgan fingerprint density at radius 1 is 1.43 bits per heavy atom. The third-order valence-corrected chi connectivity index (χ3v) is 4.70. The SMILES string of the molecule is CCCCN1C(=O)C(OSI)CC1c1ccccc1OC. The van der Waals surface area contributed by atoms with Gasteiger partial charge < -0.3 is 9.64 Å². The zero-order valence-electron chi connectivity index (χ0n) is 12.3. The fourth-order valence-corrected chi connectivity index (χ4v) is 3.73. The highest BCUT2D eigenvalue weighted by molar-refractivity contribution is 14.2. The van der Waals surface area contributed by atoms with Crippen molar-refractivity contribution in [3.8, 4) is 5.75 Å². The Morgan fingerprint density at radius 2 is 2.19 bits per heavy atom. The summed E-state index contributed by atoms with van der Waals surface area (Å²) in [5, 5.41) is 0. The summed E-state index contributed by atoms with van der Waals surface area (Å²) in [7, 11) is 2.89. The molecule has 2 atom stereocenters. The van der Waals surface area contributed by atoms with Crippen LogP contribution in [-0.2, 0) is 8.98 Å². The molecule has 2 rings (SSSR count). The number of ether oxygens (including phenoxy) is 1. The number of nitrogens with zero attached hydrogens (tertiary/aromatic N) is 1. The highest BCUT2D eigenvalue weighted by Gasteiger charge is 2.41. The van der Waals surface area contributed by atoms with Gasteiger partial charge in [0, 0.05) is 39.7 Å². The number of unbranched alkanes of at least 4 members (excludes halogenated alkanes) is 1.